The van der Waals surface area contributed by atoms with Gasteiger partial charge in [0.25, 0.3) is 0 Å². The molecule has 0 saturated carbocycles. The van der Waals surface area contributed by atoms with E-state index >= 15 is 0 Å². The maximum absolute atomic E-state index is 12.3. The molecule has 2 aromatic carbocycles. The van der Waals surface area contributed by atoms with Crippen LogP contribution in [0.3, 0.4) is 0 Å². The summed E-state index contributed by atoms with van der Waals surface area (Å²) in [4.78, 5) is 14.1. The Morgan fingerprint density at radius 3 is 2.64 bits per heavy atom. The fourth-order valence-corrected chi connectivity index (χ4v) is 2.98. The van der Waals surface area contributed by atoms with E-state index in [1.165, 1.54) is 0 Å². The Kier molecular flexibility index (Phi) is 5.90. The van der Waals surface area contributed by atoms with Crippen LogP contribution in [0.15, 0.2) is 54.6 Å². The number of hydrogen-bond acceptors (Lipinski definition) is 3. The van der Waals surface area contributed by atoms with Crippen LogP contribution in [0, 0.1) is 5.92 Å². The van der Waals surface area contributed by atoms with Gasteiger partial charge in [-0.25, -0.2) is 4.79 Å². The molecule has 1 heterocycles. The van der Waals surface area contributed by atoms with Gasteiger partial charge in [-0.1, -0.05) is 30.3 Å². The van der Waals surface area contributed by atoms with Crippen LogP contribution in [0.2, 0.25) is 0 Å². The van der Waals surface area contributed by atoms with Crippen molar-refractivity contribution >= 4 is 11.7 Å². The second-order valence-corrected chi connectivity index (χ2v) is 6.37. The van der Waals surface area contributed by atoms with Gasteiger partial charge in [-0.3, -0.25) is 0 Å². The van der Waals surface area contributed by atoms with E-state index in [0.29, 0.717) is 13.2 Å². The monoisotopic (exact) mass is 340 g/mol. The third kappa shape index (κ3) is 4.97. The first kappa shape index (κ1) is 17.3. The minimum Gasteiger partial charge on any atom is -0.489 e. The molecule has 2 N–H and O–H groups in total. The van der Waals surface area contributed by atoms with E-state index in [1.54, 1.807) is 4.90 Å². The first-order valence-electron chi connectivity index (χ1n) is 8.68. The van der Waals surface area contributed by atoms with E-state index in [2.05, 4.69) is 5.32 Å². The average Bonchev–Trinajstić information content (AvgIpc) is 2.68. The van der Waals surface area contributed by atoms with E-state index in [1.807, 2.05) is 54.6 Å². The number of nitrogens with zero attached hydrogens (tertiary/aromatic N) is 1. The van der Waals surface area contributed by atoms with Gasteiger partial charge in [0, 0.05) is 25.4 Å². The van der Waals surface area contributed by atoms with Gasteiger partial charge in [0.05, 0.1) is 0 Å². The third-order valence-corrected chi connectivity index (χ3v) is 4.42. The number of carbonyl (C=O) groups is 1. The van der Waals surface area contributed by atoms with Crippen LogP contribution in [-0.2, 0) is 6.61 Å². The summed E-state index contributed by atoms with van der Waals surface area (Å²) in [5.41, 5.74) is 1.85. The number of ether oxygens (including phenoxy) is 1. The zero-order valence-corrected chi connectivity index (χ0v) is 14.2. The summed E-state index contributed by atoms with van der Waals surface area (Å²) in [7, 11) is 0. The van der Waals surface area contributed by atoms with Gasteiger partial charge in [-0.15, -0.1) is 0 Å². The lowest BCUT2D eigenvalue weighted by Crippen LogP contribution is -2.43. The predicted octanol–water partition coefficient (Wildman–Crippen LogP) is 3.50. The van der Waals surface area contributed by atoms with Crippen LogP contribution in [0.5, 0.6) is 5.75 Å². The van der Waals surface area contributed by atoms with Crippen molar-refractivity contribution < 1.29 is 14.6 Å². The molecule has 5 heteroatoms. The Bertz CT molecular complexity index is 673. The minimum atomic E-state index is -0.115. The number of rotatable bonds is 5. The number of aliphatic hydroxyl groups excluding tert-OH is 1. The predicted molar refractivity (Wildman–Crippen MR) is 97.6 cm³/mol. The van der Waals surface area contributed by atoms with E-state index in [-0.39, 0.29) is 18.6 Å². The lowest BCUT2D eigenvalue weighted by atomic mass is 9.99. The molecule has 2 amide bonds. The number of hydrogen-bond donors (Lipinski definition) is 2. The molecule has 1 fully saturated rings. The molecule has 2 aromatic rings. The van der Waals surface area contributed by atoms with Crippen molar-refractivity contribution in [2.45, 2.75) is 19.4 Å². The standard InChI is InChI=1S/C20H24N2O3/c23-14-17-7-4-12-22(13-17)20(24)21-18-8-10-19(11-9-18)25-15-16-5-2-1-3-6-16/h1-3,5-6,8-11,17,23H,4,7,12-15H2,(H,21,24). The SMILES string of the molecule is O=C(Nc1ccc(OCc2ccccc2)cc1)N1CCCC(CO)C1. The fourth-order valence-electron chi connectivity index (χ4n) is 2.98. The minimum absolute atomic E-state index is 0.115. The quantitative estimate of drug-likeness (QED) is 0.876. The molecular formula is C20H24N2O3. The molecule has 0 aliphatic carbocycles. The summed E-state index contributed by atoms with van der Waals surface area (Å²) in [6, 6.07) is 17.3. The van der Waals surface area contributed by atoms with Gasteiger partial charge in [0.15, 0.2) is 0 Å². The van der Waals surface area contributed by atoms with Crippen LogP contribution < -0.4 is 10.1 Å². The number of anilines is 1. The Balaban J connectivity index is 1.51. The van der Waals surface area contributed by atoms with Gasteiger partial charge in [-0.2, -0.15) is 0 Å². The molecule has 1 saturated heterocycles. The maximum atomic E-state index is 12.3. The molecule has 0 aromatic heterocycles. The molecule has 1 unspecified atom stereocenters. The maximum Gasteiger partial charge on any atom is 0.321 e. The molecule has 1 aliphatic heterocycles. The van der Waals surface area contributed by atoms with Crippen molar-refractivity contribution in [3.05, 3.63) is 60.2 Å². The first-order valence-corrected chi connectivity index (χ1v) is 8.68. The van der Waals surface area contributed by atoms with E-state index in [4.69, 9.17) is 4.74 Å². The number of piperidine rings is 1. The van der Waals surface area contributed by atoms with Crippen molar-refractivity contribution in [1.29, 1.82) is 0 Å². The van der Waals surface area contributed by atoms with Crippen molar-refractivity contribution in [1.82, 2.24) is 4.90 Å². The Labute approximate surface area is 148 Å². The van der Waals surface area contributed by atoms with E-state index < -0.39 is 0 Å². The summed E-state index contributed by atoms with van der Waals surface area (Å²) < 4.78 is 5.75. The summed E-state index contributed by atoms with van der Waals surface area (Å²) in [5.74, 6) is 0.952. The number of nitrogens with one attached hydrogen (secondary N) is 1. The van der Waals surface area contributed by atoms with Gasteiger partial charge in [-0.05, 0) is 48.6 Å². The van der Waals surface area contributed by atoms with E-state index in [0.717, 1.165) is 36.4 Å². The summed E-state index contributed by atoms with van der Waals surface area (Å²) in [6.45, 7) is 2.00. The molecule has 5 nitrogen and oxygen atoms in total. The van der Waals surface area contributed by atoms with Crippen molar-refractivity contribution in [2.24, 2.45) is 5.92 Å². The molecule has 1 atom stereocenters. The molecule has 1 aliphatic rings. The van der Waals surface area contributed by atoms with E-state index in [9.17, 15) is 9.90 Å². The second-order valence-electron chi connectivity index (χ2n) is 6.37. The normalized spacial score (nSPS) is 17.2. The number of aliphatic hydroxyl groups is 1. The highest BCUT2D eigenvalue weighted by atomic mass is 16.5. The number of amides is 2. The number of urea groups is 1. The molecule has 25 heavy (non-hydrogen) atoms. The number of benzene rings is 2. The van der Waals surface area contributed by atoms with Crippen LogP contribution in [0.4, 0.5) is 10.5 Å². The zero-order valence-electron chi connectivity index (χ0n) is 14.2. The highest BCUT2D eigenvalue weighted by Gasteiger charge is 2.23. The Morgan fingerprint density at radius 1 is 1.16 bits per heavy atom. The fraction of sp³-hybridized carbons (Fsp3) is 0.350. The Hall–Kier alpha value is -2.53. The number of likely N-dealkylation sites (tertiary alicyclic amines) is 1. The highest BCUT2D eigenvalue weighted by molar-refractivity contribution is 5.89. The van der Waals surface area contributed by atoms with Crippen LogP contribution >= 0.6 is 0 Å². The molecule has 3 rings (SSSR count). The van der Waals surface area contributed by atoms with Crippen molar-refractivity contribution in [3.63, 3.8) is 0 Å². The van der Waals surface area contributed by atoms with Gasteiger partial charge < -0.3 is 20.1 Å². The first-order chi connectivity index (χ1) is 12.2. The second kappa shape index (κ2) is 8.53. The largest absolute Gasteiger partial charge is 0.489 e. The van der Waals surface area contributed by atoms with Crippen LogP contribution in [-0.4, -0.2) is 35.7 Å². The lowest BCUT2D eigenvalue weighted by Gasteiger charge is -2.31. The Morgan fingerprint density at radius 2 is 1.92 bits per heavy atom. The third-order valence-electron chi connectivity index (χ3n) is 4.42. The van der Waals surface area contributed by atoms with Gasteiger partial charge >= 0.3 is 6.03 Å². The van der Waals surface area contributed by atoms with Gasteiger partial charge in [0.1, 0.15) is 12.4 Å². The van der Waals surface area contributed by atoms with Gasteiger partial charge in [0.2, 0.25) is 0 Å². The molecular weight excluding hydrogens is 316 g/mol. The smallest absolute Gasteiger partial charge is 0.321 e. The lowest BCUT2D eigenvalue weighted by molar-refractivity contribution is 0.136. The molecule has 132 valence electrons. The summed E-state index contributed by atoms with van der Waals surface area (Å²) >= 11 is 0. The van der Waals surface area contributed by atoms with Crippen molar-refractivity contribution in [2.75, 3.05) is 25.0 Å². The summed E-state index contributed by atoms with van der Waals surface area (Å²) in [5, 5.41) is 12.2. The average molecular weight is 340 g/mol. The molecule has 0 radical (unpaired) electrons. The summed E-state index contributed by atoms with van der Waals surface area (Å²) in [6.07, 6.45) is 1.92. The number of carbonyl (C=O) groups excluding carboxylic acids is 1. The van der Waals surface area contributed by atoms with Crippen LogP contribution in [0.25, 0.3) is 0 Å². The highest BCUT2D eigenvalue weighted by Crippen LogP contribution is 2.20. The van der Waals surface area contributed by atoms with Crippen LogP contribution in [0.1, 0.15) is 18.4 Å². The topological polar surface area (TPSA) is 61.8 Å². The molecule has 0 bridgehead atoms. The zero-order chi connectivity index (χ0) is 17.5. The molecule has 0 spiro atoms. The van der Waals surface area contributed by atoms with Crippen molar-refractivity contribution in [3.8, 4) is 5.75 Å².